The van der Waals surface area contributed by atoms with E-state index in [1.165, 1.54) is 21.9 Å². The van der Waals surface area contributed by atoms with Crippen molar-refractivity contribution in [1.29, 1.82) is 0 Å². The van der Waals surface area contributed by atoms with E-state index in [1.54, 1.807) is 0 Å². The maximum absolute atomic E-state index is 6.44. The molecule has 0 unspecified atom stereocenters. The number of anilines is 3. The first-order valence-electron chi connectivity index (χ1n) is 17.1. The Kier molecular flexibility index (Phi) is 6.78. The fourth-order valence-corrected chi connectivity index (χ4v) is 7.17. The lowest BCUT2D eigenvalue weighted by molar-refractivity contribution is 0.621. The van der Waals surface area contributed by atoms with Crippen molar-refractivity contribution in [2.24, 2.45) is 0 Å². The zero-order valence-corrected chi connectivity index (χ0v) is 27.5. The molecule has 4 heteroatoms. The maximum Gasteiger partial charge on any atom is 0.227 e. The number of rotatable bonds is 6. The minimum Gasteiger partial charge on any atom is -0.456 e. The Balaban J connectivity index is 1.11. The number of benzene rings is 8. The van der Waals surface area contributed by atoms with Gasteiger partial charge in [0.2, 0.25) is 5.89 Å². The quantitative estimate of drug-likeness (QED) is 0.179. The molecule has 0 aliphatic rings. The van der Waals surface area contributed by atoms with Crippen molar-refractivity contribution in [1.82, 2.24) is 4.98 Å². The molecule has 0 aliphatic heterocycles. The van der Waals surface area contributed by atoms with Crippen LogP contribution in [0, 0.1) is 0 Å². The van der Waals surface area contributed by atoms with Crippen molar-refractivity contribution < 1.29 is 8.83 Å². The van der Waals surface area contributed by atoms with E-state index < -0.39 is 0 Å². The molecule has 240 valence electrons. The van der Waals surface area contributed by atoms with Gasteiger partial charge in [-0.05, 0) is 100 Å². The molecule has 0 atom stereocenters. The van der Waals surface area contributed by atoms with Crippen molar-refractivity contribution in [3.8, 4) is 33.7 Å². The smallest absolute Gasteiger partial charge is 0.227 e. The summed E-state index contributed by atoms with van der Waals surface area (Å²) < 4.78 is 12.6. The van der Waals surface area contributed by atoms with Crippen LogP contribution in [0.3, 0.4) is 0 Å². The number of oxazole rings is 1. The van der Waals surface area contributed by atoms with E-state index in [0.717, 1.165) is 66.8 Å². The van der Waals surface area contributed by atoms with Crippen LogP contribution in [0.5, 0.6) is 0 Å². The molecular weight excluding hydrogens is 625 g/mol. The normalized spacial score (nSPS) is 11.5. The Bertz CT molecular complexity index is 2870. The third-order valence-electron chi connectivity index (χ3n) is 9.68. The average Bonchev–Trinajstić information content (AvgIpc) is 3.81. The molecule has 0 aliphatic carbocycles. The second-order valence-corrected chi connectivity index (χ2v) is 12.8. The van der Waals surface area contributed by atoms with Crippen LogP contribution in [-0.4, -0.2) is 4.98 Å². The summed E-state index contributed by atoms with van der Waals surface area (Å²) in [6.07, 6.45) is 0. The Morgan fingerprint density at radius 2 is 1.10 bits per heavy atom. The number of para-hydroxylation sites is 2. The van der Waals surface area contributed by atoms with E-state index in [9.17, 15) is 0 Å². The molecule has 8 aromatic carbocycles. The van der Waals surface area contributed by atoms with Gasteiger partial charge >= 0.3 is 0 Å². The molecule has 0 bridgehead atoms. The summed E-state index contributed by atoms with van der Waals surface area (Å²) in [6.45, 7) is 0. The van der Waals surface area contributed by atoms with E-state index >= 15 is 0 Å². The van der Waals surface area contributed by atoms with Gasteiger partial charge in [-0.1, -0.05) is 109 Å². The average molecular weight is 655 g/mol. The molecule has 0 radical (unpaired) electrons. The topological polar surface area (TPSA) is 42.4 Å². The van der Waals surface area contributed by atoms with Crippen LogP contribution in [0.1, 0.15) is 0 Å². The highest BCUT2D eigenvalue weighted by Gasteiger charge is 2.18. The Morgan fingerprint density at radius 1 is 0.392 bits per heavy atom. The largest absolute Gasteiger partial charge is 0.456 e. The summed E-state index contributed by atoms with van der Waals surface area (Å²) in [6, 6.07) is 63.5. The molecule has 10 aromatic rings. The first kappa shape index (κ1) is 29.0. The molecule has 0 N–H and O–H groups in total. The predicted octanol–water partition coefficient (Wildman–Crippen LogP) is 13.4. The molecule has 2 heterocycles. The van der Waals surface area contributed by atoms with Crippen LogP contribution < -0.4 is 4.90 Å². The number of fused-ring (bicyclic) bond motifs is 5. The molecule has 0 fully saturated rings. The first-order chi connectivity index (χ1) is 25.2. The number of nitrogens with zero attached hydrogens (tertiary/aromatic N) is 2. The molecule has 4 nitrogen and oxygen atoms in total. The molecule has 10 rings (SSSR count). The SMILES string of the molecule is c1ccc(-c2nc3cccc(-c4cccc(N(c5ccc(-c6ccc7ccccc7c6)cc5)c5ccc6oc7ccccc7c6c5)c4)c3o2)cc1. The van der Waals surface area contributed by atoms with E-state index in [-0.39, 0.29) is 0 Å². The zero-order chi connectivity index (χ0) is 33.7. The molecule has 0 saturated carbocycles. The van der Waals surface area contributed by atoms with Crippen LogP contribution >= 0.6 is 0 Å². The van der Waals surface area contributed by atoms with Gasteiger partial charge in [-0.2, -0.15) is 0 Å². The lowest BCUT2D eigenvalue weighted by atomic mass is 10.0. The number of furan rings is 1. The van der Waals surface area contributed by atoms with E-state index in [4.69, 9.17) is 13.8 Å². The van der Waals surface area contributed by atoms with Gasteiger partial charge in [-0.3, -0.25) is 0 Å². The van der Waals surface area contributed by atoms with Gasteiger partial charge in [0.15, 0.2) is 5.58 Å². The van der Waals surface area contributed by atoms with Gasteiger partial charge in [-0.15, -0.1) is 0 Å². The monoisotopic (exact) mass is 654 g/mol. The van der Waals surface area contributed by atoms with Crippen LogP contribution in [0.15, 0.2) is 191 Å². The summed E-state index contributed by atoms with van der Waals surface area (Å²) in [5.74, 6) is 0.614. The molecular formula is C47H30N2O2. The van der Waals surface area contributed by atoms with Crippen LogP contribution in [-0.2, 0) is 0 Å². The third kappa shape index (κ3) is 5.13. The van der Waals surface area contributed by atoms with Crippen LogP contribution in [0.25, 0.3) is 77.5 Å². The van der Waals surface area contributed by atoms with Gasteiger partial charge in [0.05, 0.1) is 0 Å². The standard InChI is InChI=1S/C47H30N2O2/c1-2-11-33(12-3-1)47-48-43-18-9-17-40(46(43)51-47)36-14-8-15-38(29-36)49(39-26-27-45-42(30-39)41-16-6-7-19-44(41)50-45)37-24-22-32(23-25-37)35-21-20-31-10-4-5-13-34(31)28-35/h1-30H. The second-order valence-electron chi connectivity index (χ2n) is 12.8. The highest BCUT2D eigenvalue weighted by molar-refractivity contribution is 6.06. The second kappa shape index (κ2) is 11.9. The molecule has 51 heavy (non-hydrogen) atoms. The number of hydrogen-bond acceptors (Lipinski definition) is 4. The highest BCUT2D eigenvalue weighted by Crippen LogP contribution is 2.41. The molecule has 0 amide bonds. The Morgan fingerprint density at radius 3 is 2.00 bits per heavy atom. The summed E-state index contributed by atoms with van der Waals surface area (Å²) >= 11 is 0. The van der Waals surface area contributed by atoms with E-state index in [2.05, 4.69) is 132 Å². The van der Waals surface area contributed by atoms with Gasteiger partial charge in [-0.25, -0.2) is 4.98 Å². The Hall–Kier alpha value is -6.91. The minimum absolute atomic E-state index is 0.614. The van der Waals surface area contributed by atoms with Gasteiger partial charge in [0, 0.05) is 39.0 Å². The number of hydrogen-bond donors (Lipinski definition) is 0. The maximum atomic E-state index is 6.44. The van der Waals surface area contributed by atoms with Gasteiger partial charge in [0.1, 0.15) is 16.7 Å². The molecule has 2 aromatic heterocycles. The van der Waals surface area contributed by atoms with Crippen LogP contribution in [0.2, 0.25) is 0 Å². The van der Waals surface area contributed by atoms with Gasteiger partial charge in [0.25, 0.3) is 0 Å². The van der Waals surface area contributed by atoms with E-state index in [1.807, 2.05) is 54.6 Å². The third-order valence-corrected chi connectivity index (χ3v) is 9.68. The molecule has 0 spiro atoms. The fourth-order valence-electron chi connectivity index (χ4n) is 7.17. The summed E-state index contributed by atoms with van der Waals surface area (Å²) in [5, 5.41) is 4.65. The van der Waals surface area contributed by atoms with Gasteiger partial charge < -0.3 is 13.7 Å². The number of aromatic nitrogens is 1. The van der Waals surface area contributed by atoms with Crippen LogP contribution in [0.4, 0.5) is 17.1 Å². The van der Waals surface area contributed by atoms with E-state index in [0.29, 0.717) is 5.89 Å². The summed E-state index contributed by atoms with van der Waals surface area (Å²) in [5.41, 5.74) is 11.8. The minimum atomic E-state index is 0.614. The lowest BCUT2D eigenvalue weighted by Gasteiger charge is -2.26. The fraction of sp³-hybridized carbons (Fsp3) is 0. The van der Waals surface area contributed by atoms with Crippen molar-refractivity contribution >= 4 is 60.9 Å². The zero-order valence-electron chi connectivity index (χ0n) is 27.5. The van der Waals surface area contributed by atoms with Crippen molar-refractivity contribution in [3.05, 3.63) is 182 Å². The Labute approximate surface area is 294 Å². The predicted molar refractivity (Wildman–Crippen MR) is 210 cm³/mol. The molecule has 0 saturated heterocycles. The van der Waals surface area contributed by atoms with Crippen molar-refractivity contribution in [3.63, 3.8) is 0 Å². The van der Waals surface area contributed by atoms with Crippen molar-refractivity contribution in [2.45, 2.75) is 0 Å². The lowest BCUT2D eigenvalue weighted by Crippen LogP contribution is -2.10. The summed E-state index contributed by atoms with van der Waals surface area (Å²) in [4.78, 5) is 7.14. The summed E-state index contributed by atoms with van der Waals surface area (Å²) in [7, 11) is 0. The highest BCUT2D eigenvalue weighted by atomic mass is 16.3. The van der Waals surface area contributed by atoms with Crippen molar-refractivity contribution in [2.75, 3.05) is 4.90 Å². The first-order valence-corrected chi connectivity index (χ1v) is 17.1.